The molecule has 1 nitrogen and oxygen atoms in total. The minimum absolute atomic E-state index is 0.472. The van der Waals surface area contributed by atoms with Crippen LogP contribution in [0, 0.1) is 46.3 Å². The summed E-state index contributed by atoms with van der Waals surface area (Å²) in [4.78, 5) is 0. The van der Waals surface area contributed by atoms with Gasteiger partial charge in [-0.05, 0) is 97.7 Å². The minimum atomic E-state index is 0.472. The molecule has 1 heteroatoms. The number of hydrogen-bond acceptors (Lipinski definition) is 1. The van der Waals surface area contributed by atoms with Gasteiger partial charge >= 0.3 is 0 Å². The monoisotopic (exact) mass is 400 g/mol. The third-order valence-electron chi connectivity index (χ3n) is 10.6. The predicted molar refractivity (Wildman–Crippen MR) is 124 cm³/mol. The van der Waals surface area contributed by atoms with Crippen molar-refractivity contribution in [1.29, 1.82) is 0 Å². The summed E-state index contributed by atoms with van der Waals surface area (Å²) in [5.74, 6) is 5.63. The normalized spacial score (nSPS) is 45.3. The molecule has 0 radical (unpaired) electrons. The highest BCUT2D eigenvalue weighted by atomic mass is 16.5. The Kier molecular flexibility index (Phi) is 6.29. The summed E-state index contributed by atoms with van der Waals surface area (Å²) in [6.07, 6.45) is 18.7. The molecule has 0 saturated heterocycles. The van der Waals surface area contributed by atoms with Crippen LogP contribution >= 0.6 is 0 Å². The standard InChI is InChI=1S/C28H48O/c1-19(2)8-7-9-20(3)24-12-13-25-23-11-10-21-18-22(29-6)14-16-27(21,4)26(23)15-17-28(24,25)5/h10,19-20,22-26H,7-9,11-18H2,1-6H3/t20?,22?,23?,24?,25?,26?,27-,28+/m0/s1. The van der Waals surface area contributed by atoms with Gasteiger partial charge in [-0.25, -0.2) is 0 Å². The summed E-state index contributed by atoms with van der Waals surface area (Å²) in [6, 6.07) is 0. The lowest BCUT2D eigenvalue weighted by atomic mass is 9.47. The molecular formula is C28H48O. The lowest BCUT2D eigenvalue weighted by molar-refractivity contribution is -0.0601. The molecule has 0 aliphatic heterocycles. The molecule has 0 amide bonds. The molecule has 6 unspecified atom stereocenters. The lowest BCUT2D eigenvalue weighted by Gasteiger charge is -2.58. The highest BCUT2D eigenvalue weighted by Gasteiger charge is 2.59. The van der Waals surface area contributed by atoms with E-state index >= 15 is 0 Å². The van der Waals surface area contributed by atoms with Crippen molar-refractivity contribution in [1.82, 2.24) is 0 Å². The van der Waals surface area contributed by atoms with Gasteiger partial charge in [-0.1, -0.05) is 65.5 Å². The molecule has 8 atom stereocenters. The van der Waals surface area contributed by atoms with Gasteiger partial charge in [0.25, 0.3) is 0 Å². The Morgan fingerprint density at radius 1 is 1.00 bits per heavy atom. The van der Waals surface area contributed by atoms with E-state index in [9.17, 15) is 0 Å². The number of hydrogen-bond donors (Lipinski definition) is 0. The summed E-state index contributed by atoms with van der Waals surface area (Å²) in [6.45, 7) is 12.7. The maximum Gasteiger partial charge on any atom is 0.0608 e. The molecule has 29 heavy (non-hydrogen) atoms. The third kappa shape index (κ3) is 3.77. The largest absolute Gasteiger partial charge is 0.381 e. The van der Waals surface area contributed by atoms with Gasteiger partial charge in [-0.3, -0.25) is 0 Å². The Labute approximate surface area is 181 Å². The van der Waals surface area contributed by atoms with Gasteiger partial charge in [0.2, 0.25) is 0 Å². The van der Waals surface area contributed by atoms with E-state index in [1.807, 2.05) is 7.11 Å². The van der Waals surface area contributed by atoms with Crippen LogP contribution in [0.3, 0.4) is 0 Å². The Balaban J connectivity index is 1.48. The quantitative estimate of drug-likeness (QED) is 0.410. The Morgan fingerprint density at radius 3 is 2.52 bits per heavy atom. The minimum Gasteiger partial charge on any atom is -0.381 e. The SMILES string of the molecule is COC1CC[C@@]2(C)C(=CCC3C4CCC(C(C)CCCC(C)C)[C@@]4(C)CCC32)C1. The summed E-state index contributed by atoms with van der Waals surface area (Å²) >= 11 is 0. The second-order valence-electron chi connectivity index (χ2n) is 12.4. The van der Waals surface area contributed by atoms with Crippen LogP contribution in [0.15, 0.2) is 11.6 Å². The van der Waals surface area contributed by atoms with Gasteiger partial charge in [0, 0.05) is 7.11 Å². The van der Waals surface area contributed by atoms with Crippen molar-refractivity contribution >= 4 is 0 Å². The first-order chi connectivity index (χ1) is 13.8. The first-order valence-corrected chi connectivity index (χ1v) is 13.0. The molecule has 4 aliphatic carbocycles. The molecule has 0 aromatic carbocycles. The van der Waals surface area contributed by atoms with Crippen LogP contribution in [-0.4, -0.2) is 13.2 Å². The number of rotatable bonds is 6. The Morgan fingerprint density at radius 2 is 1.79 bits per heavy atom. The van der Waals surface area contributed by atoms with Crippen LogP contribution in [0.1, 0.15) is 105 Å². The molecule has 3 saturated carbocycles. The van der Waals surface area contributed by atoms with E-state index in [0.29, 0.717) is 16.9 Å². The van der Waals surface area contributed by atoms with Gasteiger partial charge in [-0.2, -0.15) is 0 Å². The Hall–Kier alpha value is -0.300. The predicted octanol–water partition coefficient (Wildman–Crippen LogP) is 8.04. The molecule has 0 aromatic rings. The smallest absolute Gasteiger partial charge is 0.0608 e. The van der Waals surface area contributed by atoms with Crippen LogP contribution in [0.25, 0.3) is 0 Å². The Bertz CT molecular complexity index is 605. The first-order valence-electron chi connectivity index (χ1n) is 13.0. The maximum atomic E-state index is 5.75. The number of fused-ring (bicyclic) bond motifs is 5. The van der Waals surface area contributed by atoms with Gasteiger partial charge in [0.15, 0.2) is 0 Å². The first kappa shape index (κ1) is 21.9. The van der Waals surface area contributed by atoms with Crippen molar-refractivity contribution in [3.05, 3.63) is 11.6 Å². The van der Waals surface area contributed by atoms with Crippen molar-refractivity contribution in [2.45, 2.75) is 111 Å². The number of methoxy groups -OCH3 is 1. The highest BCUT2D eigenvalue weighted by Crippen LogP contribution is 2.67. The molecule has 4 aliphatic rings. The third-order valence-corrected chi connectivity index (χ3v) is 10.6. The van der Waals surface area contributed by atoms with Crippen LogP contribution in [-0.2, 0) is 4.74 Å². The van der Waals surface area contributed by atoms with E-state index < -0.39 is 0 Å². The van der Waals surface area contributed by atoms with Gasteiger partial charge in [0.05, 0.1) is 6.10 Å². The molecular weight excluding hydrogens is 352 g/mol. The summed E-state index contributed by atoms with van der Waals surface area (Å²) in [7, 11) is 1.91. The van der Waals surface area contributed by atoms with Crippen molar-refractivity contribution in [3.63, 3.8) is 0 Å². The zero-order valence-corrected chi connectivity index (χ0v) is 20.3. The van der Waals surface area contributed by atoms with Crippen LogP contribution < -0.4 is 0 Å². The van der Waals surface area contributed by atoms with E-state index in [4.69, 9.17) is 4.74 Å². The van der Waals surface area contributed by atoms with Crippen LogP contribution in [0.2, 0.25) is 0 Å². The molecule has 0 N–H and O–H groups in total. The topological polar surface area (TPSA) is 9.23 Å². The second kappa shape index (κ2) is 8.33. The average molecular weight is 401 g/mol. The summed E-state index contributed by atoms with van der Waals surface area (Å²) in [5.41, 5.74) is 2.85. The molecule has 0 spiro atoms. The van der Waals surface area contributed by atoms with Crippen LogP contribution in [0.5, 0.6) is 0 Å². The summed E-state index contributed by atoms with van der Waals surface area (Å²) in [5, 5.41) is 0. The average Bonchev–Trinajstić information content (AvgIpc) is 3.04. The van der Waals surface area contributed by atoms with E-state index in [1.165, 1.54) is 70.6 Å². The van der Waals surface area contributed by atoms with Gasteiger partial charge in [0.1, 0.15) is 0 Å². The van der Waals surface area contributed by atoms with Crippen molar-refractivity contribution in [2.24, 2.45) is 46.3 Å². The molecule has 0 bridgehead atoms. The maximum absolute atomic E-state index is 5.75. The van der Waals surface area contributed by atoms with Gasteiger partial charge in [-0.15, -0.1) is 0 Å². The van der Waals surface area contributed by atoms with E-state index in [-0.39, 0.29) is 0 Å². The summed E-state index contributed by atoms with van der Waals surface area (Å²) < 4.78 is 5.75. The van der Waals surface area contributed by atoms with Crippen molar-refractivity contribution in [2.75, 3.05) is 7.11 Å². The fourth-order valence-corrected chi connectivity index (χ4v) is 8.85. The zero-order chi connectivity index (χ0) is 20.8. The fraction of sp³-hybridized carbons (Fsp3) is 0.929. The fourth-order valence-electron chi connectivity index (χ4n) is 8.85. The van der Waals surface area contributed by atoms with Crippen molar-refractivity contribution < 1.29 is 4.74 Å². The molecule has 4 rings (SSSR count). The molecule has 0 heterocycles. The van der Waals surface area contributed by atoms with Crippen LogP contribution in [0.4, 0.5) is 0 Å². The van der Waals surface area contributed by atoms with E-state index in [1.54, 1.807) is 5.57 Å². The lowest BCUT2D eigenvalue weighted by Crippen LogP contribution is -2.50. The number of ether oxygens (including phenoxy) is 1. The van der Waals surface area contributed by atoms with Crippen molar-refractivity contribution in [3.8, 4) is 0 Å². The second-order valence-corrected chi connectivity index (χ2v) is 12.4. The molecule has 3 fully saturated rings. The van der Waals surface area contributed by atoms with Gasteiger partial charge < -0.3 is 4.74 Å². The molecule has 0 aromatic heterocycles. The highest BCUT2D eigenvalue weighted by molar-refractivity contribution is 5.25. The number of allylic oxidation sites excluding steroid dienone is 1. The molecule has 166 valence electrons. The van der Waals surface area contributed by atoms with E-state index in [2.05, 4.69) is 40.7 Å². The zero-order valence-electron chi connectivity index (χ0n) is 20.3. The van der Waals surface area contributed by atoms with E-state index in [0.717, 1.165) is 35.5 Å².